The predicted octanol–water partition coefficient (Wildman–Crippen LogP) is 3.84. The van der Waals surface area contributed by atoms with E-state index in [0.29, 0.717) is 12.0 Å². The number of ether oxygens (including phenoxy) is 1. The smallest absolute Gasteiger partial charge is 0.0649 e. The molecule has 0 aromatic rings. The van der Waals surface area contributed by atoms with E-state index in [9.17, 15) is 0 Å². The number of rotatable bonds is 5. The first kappa shape index (κ1) is 18.3. The zero-order valence-electron chi connectivity index (χ0n) is 12.6. The maximum absolute atomic E-state index is 5.80. The Morgan fingerprint density at radius 1 is 1.00 bits per heavy atom. The SMILES string of the molecule is CC(C)CCOC(C)(C)C(C)C.CC(C)N. The van der Waals surface area contributed by atoms with Crippen LogP contribution in [0.2, 0.25) is 0 Å². The molecule has 0 aliphatic carbocycles. The van der Waals surface area contributed by atoms with Crippen molar-refractivity contribution in [3.05, 3.63) is 0 Å². The maximum atomic E-state index is 5.80. The Labute approximate surface area is 103 Å². The molecule has 0 aromatic carbocycles. The Balaban J connectivity index is 0. The van der Waals surface area contributed by atoms with Crippen LogP contribution in [0.4, 0.5) is 0 Å². The Hall–Kier alpha value is -0.0800. The van der Waals surface area contributed by atoms with Gasteiger partial charge in [-0.25, -0.2) is 0 Å². The molecule has 0 amide bonds. The molecule has 0 heterocycles. The lowest BCUT2D eigenvalue weighted by atomic mass is 9.94. The average molecular weight is 231 g/mol. The molecule has 2 N–H and O–H groups in total. The third-order valence-electron chi connectivity index (χ3n) is 2.56. The van der Waals surface area contributed by atoms with Crippen LogP contribution in [0.25, 0.3) is 0 Å². The summed E-state index contributed by atoms with van der Waals surface area (Å²) in [6.07, 6.45) is 1.16. The summed E-state index contributed by atoms with van der Waals surface area (Å²) >= 11 is 0. The van der Waals surface area contributed by atoms with Gasteiger partial charge in [0.15, 0.2) is 0 Å². The van der Waals surface area contributed by atoms with E-state index in [4.69, 9.17) is 10.5 Å². The summed E-state index contributed by atoms with van der Waals surface area (Å²) in [5.74, 6) is 1.33. The standard InChI is InChI=1S/C11H24O.C3H9N/c1-9(2)7-8-12-11(5,6)10(3)4;1-3(2)4/h9-10H,7-8H2,1-6H3;3H,4H2,1-2H3. The van der Waals surface area contributed by atoms with Gasteiger partial charge in [0.2, 0.25) is 0 Å². The third kappa shape index (κ3) is 13.9. The summed E-state index contributed by atoms with van der Waals surface area (Å²) in [7, 11) is 0. The van der Waals surface area contributed by atoms with Crippen molar-refractivity contribution >= 4 is 0 Å². The topological polar surface area (TPSA) is 35.2 Å². The number of hydrogen-bond acceptors (Lipinski definition) is 2. The zero-order valence-corrected chi connectivity index (χ0v) is 12.6. The van der Waals surface area contributed by atoms with Crippen molar-refractivity contribution in [3.8, 4) is 0 Å². The first-order valence-corrected chi connectivity index (χ1v) is 6.49. The third-order valence-corrected chi connectivity index (χ3v) is 2.56. The zero-order chi connectivity index (χ0) is 13.4. The van der Waals surface area contributed by atoms with Crippen LogP contribution in [-0.2, 0) is 4.74 Å². The molecule has 0 unspecified atom stereocenters. The fourth-order valence-corrected chi connectivity index (χ4v) is 0.724. The molecule has 0 aromatic heterocycles. The van der Waals surface area contributed by atoms with E-state index in [1.807, 2.05) is 13.8 Å². The van der Waals surface area contributed by atoms with Gasteiger partial charge in [-0.15, -0.1) is 0 Å². The van der Waals surface area contributed by atoms with E-state index >= 15 is 0 Å². The summed E-state index contributed by atoms with van der Waals surface area (Å²) in [5.41, 5.74) is 5.15. The molecule has 100 valence electrons. The lowest BCUT2D eigenvalue weighted by Crippen LogP contribution is -2.31. The fraction of sp³-hybridized carbons (Fsp3) is 1.00. The molecule has 0 rings (SSSR count). The average Bonchev–Trinajstić information content (AvgIpc) is 2.01. The van der Waals surface area contributed by atoms with Crippen LogP contribution in [0.15, 0.2) is 0 Å². The summed E-state index contributed by atoms with van der Waals surface area (Å²) in [5, 5.41) is 0. The molecule has 2 heteroatoms. The lowest BCUT2D eigenvalue weighted by Gasteiger charge is -2.29. The molecule has 0 fully saturated rings. The van der Waals surface area contributed by atoms with Gasteiger partial charge < -0.3 is 10.5 Å². The van der Waals surface area contributed by atoms with Gasteiger partial charge in [0.05, 0.1) is 5.60 Å². The van der Waals surface area contributed by atoms with E-state index < -0.39 is 0 Å². The van der Waals surface area contributed by atoms with E-state index in [1.165, 1.54) is 0 Å². The van der Waals surface area contributed by atoms with Gasteiger partial charge in [-0.05, 0) is 38.1 Å². The Bertz CT molecular complexity index is 148. The summed E-state index contributed by atoms with van der Waals surface area (Å²) in [6, 6.07) is 0.333. The van der Waals surface area contributed by atoms with Gasteiger partial charge in [0.25, 0.3) is 0 Å². The van der Waals surface area contributed by atoms with Crippen molar-refractivity contribution in [2.24, 2.45) is 17.6 Å². The Morgan fingerprint density at radius 3 is 1.62 bits per heavy atom. The quantitative estimate of drug-likeness (QED) is 0.780. The van der Waals surface area contributed by atoms with Crippen LogP contribution in [0, 0.1) is 11.8 Å². The van der Waals surface area contributed by atoms with Gasteiger partial charge in [0, 0.05) is 6.61 Å². The monoisotopic (exact) mass is 231 g/mol. The van der Waals surface area contributed by atoms with Crippen LogP contribution in [0.5, 0.6) is 0 Å². The van der Waals surface area contributed by atoms with Gasteiger partial charge in [-0.3, -0.25) is 0 Å². The van der Waals surface area contributed by atoms with Crippen LogP contribution in [0.1, 0.15) is 61.8 Å². The molecule has 0 aliphatic rings. The van der Waals surface area contributed by atoms with Gasteiger partial charge in [-0.2, -0.15) is 0 Å². The highest BCUT2D eigenvalue weighted by atomic mass is 16.5. The fourth-order valence-electron chi connectivity index (χ4n) is 0.724. The first-order valence-electron chi connectivity index (χ1n) is 6.49. The van der Waals surface area contributed by atoms with Gasteiger partial charge >= 0.3 is 0 Å². The van der Waals surface area contributed by atoms with Crippen molar-refractivity contribution in [2.45, 2.75) is 73.5 Å². The molecule has 0 bridgehead atoms. The molecule has 0 aliphatic heterocycles. The van der Waals surface area contributed by atoms with Crippen molar-refractivity contribution in [2.75, 3.05) is 6.61 Å². The Morgan fingerprint density at radius 2 is 1.38 bits per heavy atom. The Kier molecular flexibility index (Phi) is 10.3. The summed E-state index contributed by atoms with van der Waals surface area (Å²) in [4.78, 5) is 0. The molecule has 0 atom stereocenters. The van der Waals surface area contributed by atoms with Crippen molar-refractivity contribution in [3.63, 3.8) is 0 Å². The molecule has 0 spiro atoms. The van der Waals surface area contributed by atoms with Crippen LogP contribution in [-0.4, -0.2) is 18.2 Å². The highest BCUT2D eigenvalue weighted by Gasteiger charge is 2.22. The van der Waals surface area contributed by atoms with Crippen molar-refractivity contribution < 1.29 is 4.74 Å². The van der Waals surface area contributed by atoms with Gasteiger partial charge in [-0.1, -0.05) is 41.5 Å². The highest BCUT2D eigenvalue weighted by Crippen LogP contribution is 2.20. The van der Waals surface area contributed by atoms with Crippen molar-refractivity contribution in [1.29, 1.82) is 0 Å². The second-order valence-electron chi connectivity index (χ2n) is 6.03. The van der Waals surface area contributed by atoms with Crippen molar-refractivity contribution in [1.82, 2.24) is 0 Å². The van der Waals surface area contributed by atoms with Gasteiger partial charge in [0.1, 0.15) is 0 Å². The molecule has 2 nitrogen and oxygen atoms in total. The molecular formula is C14H33NO. The number of hydrogen-bond donors (Lipinski definition) is 1. The minimum atomic E-state index is 0.0366. The molecule has 16 heavy (non-hydrogen) atoms. The largest absolute Gasteiger partial charge is 0.375 e. The lowest BCUT2D eigenvalue weighted by molar-refractivity contribution is -0.0537. The second-order valence-corrected chi connectivity index (χ2v) is 6.03. The van der Waals surface area contributed by atoms with Crippen LogP contribution in [0.3, 0.4) is 0 Å². The first-order chi connectivity index (χ1) is 7.09. The van der Waals surface area contributed by atoms with E-state index in [1.54, 1.807) is 0 Å². The molecule has 0 radical (unpaired) electrons. The minimum absolute atomic E-state index is 0.0366. The molecular weight excluding hydrogens is 198 g/mol. The van der Waals surface area contributed by atoms with Crippen LogP contribution >= 0.6 is 0 Å². The second kappa shape index (κ2) is 9.00. The maximum Gasteiger partial charge on any atom is 0.0649 e. The van der Waals surface area contributed by atoms with E-state index in [0.717, 1.165) is 18.9 Å². The van der Waals surface area contributed by atoms with Crippen LogP contribution < -0.4 is 5.73 Å². The normalized spacial score (nSPS) is 12.0. The summed E-state index contributed by atoms with van der Waals surface area (Å²) in [6.45, 7) is 18.0. The highest BCUT2D eigenvalue weighted by molar-refractivity contribution is 4.72. The molecule has 0 saturated carbocycles. The predicted molar refractivity (Wildman–Crippen MR) is 73.6 cm³/mol. The summed E-state index contributed by atoms with van der Waals surface area (Å²) < 4.78 is 5.80. The minimum Gasteiger partial charge on any atom is -0.375 e. The van der Waals surface area contributed by atoms with E-state index in [2.05, 4.69) is 41.5 Å². The molecule has 0 saturated heterocycles. The number of nitrogens with two attached hydrogens (primary N) is 1. The van der Waals surface area contributed by atoms with E-state index in [-0.39, 0.29) is 5.60 Å².